The molecule has 0 bridgehead atoms. The molecule has 5 nitrogen and oxygen atoms in total. The van der Waals surface area contributed by atoms with Gasteiger partial charge >= 0.3 is 0 Å². The van der Waals surface area contributed by atoms with Crippen molar-refractivity contribution < 1.29 is 9.47 Å². The lowest BCUT2D eigenvalue weighted by Gasteiger charge is -2.11. The molecule has 96 valence electrons. The van der Waals surface area contributed by atoms with Gasteiger partial charge in [-0.1, -0.05) is 6.07 Å². The zero-order valence-electron chi connectivity index (χ0n) is 11.0. The van der Waals surface area contributed by atoms with E-state index in [0.717, 1.165) is 11.3 Å². The van der Waals surface area contributed by atoms with E-state index in [1.165, 1.54) is 0 Å². The molecular formula is C13H17N3O2. The van der Waals surface area contributed by atoms with E-state index in [2.05, 4.69) is 5.10 Å². The zero-order valence-corrected chi connectivity index (χ0v) is 11.0. The summed E-state index contributed by atoms with van der Waals surface area (Å²) in [5.41, 5.74) is 8.32. The second-order valence-electron chi connectivity index (χ2n) is 4.18. The molecule has 2 rings (SSSR count). The van der Waals surface area contributed by atoms with Gasteiger partial charge in [-0.25, -0.2) is 4.68 Å². The lowest BCUT2D eigenvalue weighted by molar-refractivity contribution is 0.366. The molecule has 18 heavy (non-hydrogen) atoms. The Morgan fingerprint density at radius 3 is 2.50 bits per heavy atom. The van der Waals surface area contributed by atoms with Gasteiger partial charge in [0.2, 0.25) is 5.88 Å². The number of nitrogens with two attached hydrogens (primary N) is 1. The van der Waals surface area contributed by atoms with E-state index in [1.54, 1.807) is 18.8 Å². The van der Waals surface area contributed by atoms with Crippen LogP contribution in [0.25, 0.3) is 0 Å². The molecule has 0 fully saturated rings. The molecule has 0 atom stereocenters. The van der Waals surface area contributed by atoms with E-state index in [0.29, 0.717) is 23.1 Å². The first-order valence-electron chi connectivity index (χ1n) is 5.64. The van der Waals surface area contributed by atoms with Gasteiger partial charge in [0.25, 0.3) is 0 Å². The molecule has 0 saturated heterocycles. The minimum atomic E-state index is 0.523. The van der Waals surface area contributed by atoms with Crippen molar-refractivity contribution in [1.29, 1.82) is 0 Å². The van der Waals surface area contributed by atoms with E-state index in [4.69, 9.17) is 15.2 Å². The minimum absolute atomic E-state index is 0.523. The van der Waals surface area contributed by atoms with E-state index in [-0.39, 0.29) is 0 Å². The van der Waals surface area contributed by atoms with Crippen molar-refractivity contribution in [1.82, 2.24) is 9.78 Å². The van der Waals surface area contributed by atoms with Gasteiger partial charge in [0.05, 0.1) is 12.8 Å². The molecule has 0 aliphatic rings. The van der Waals surface area contributed by atoms with Crippen molar-refractivity contribution in [2.24, 2.45) is 7.05 Å². The third-order valence-electron chi connectivity index (χ3n) is 2.74. The van der Waals surface area contributed by atoms with Gasteiger partial charge in [-0.2, -0.15) is 5.10 Å². The summed E-state index contributed by atoms with van der Waals surface area (Å²) in [6.45, 7) is 3.84. The van der Waals surface area contributed by atoms with Crippen LogP contribution in [0.5, 0.6) is 17.4 Å². The fourth-order valence-corrected chi connectivity index (χ4v) is 1.74. The summed E-state index contributed by atoms with van der Waals surface area (Å²) in [5, 5.41) is 4.21. The molecule has 5 heteroatoms. The number of hydrogen-bond donors (Lipinski definition) is 1. The maximum atomic E-state index is 5.92. The van der Waals surface area contributed by atoms with Crippen LogP contribution in [0.1, 0.15) is 11.3 Å². The molecule has 0 amide bonds. The van der Waals surface area contributed by atoms with E-state index < -0.39 is 0 Å². The fraction of sp³-hybridized carbons (Fsp3) is 0.308. The molecule has 1 aromatic heterocycles. The zero-order chi connectivity index (χ0) is 13.3. The lowest BCUT2D eigenvalue weighted by atomic mass is 10.2. The van der Waals surface area contributed by atoms with Crippen LogP contribution in [0.2, 0.25) is 0 Å². The van der Waals surface area contributed by atoms with Gasteiger partial charge in [-0.05, 0) is 31.5 Å². The smallest absolute Gasteiger partial charge is 0.241 e. The second-order valence-corrected chi connectivity index (χ2v) is 4.18. The first-order valence-corrected chi connectivity index (χ1v) is 5.64. The number of anilines is 1. The molecule has 2 aromatic rings. The Kier molecular flexibility index (Phi) is 3.14. The topological polar surface area (TPSA) is 62.3 Å². The Hall–Kier alpha value is -2.17. The van der Waals surface area contributed by atoms with Crippen LogP contribution in [0.15, 0.2) is 18.2 Å². The summed E-state index contributed by atoms with van der Waals surface area (Å²) >= 11 is 0. The molecule has 0 aliphatic heterocycles. The lowest BCUT2D eigenvalue weighted by Crippen LogP contribution is -1.98. The molecular weight excluding hydrogens is 230 g/mol. The highest BCUT2D eigenvalue weighted by Gasteiger charge is 2.14. The van der Waals surface area contributed by atoms with Crippen LogP contribution >= 0.6 is 0 Å². The number of nitrogen functional groups attached to an aromatic ring is 1. The average Bonchev–Trinajstić information content (AvgIpc) is 2.58. The van der Waals surface area contributed by atoms with Crippen LogP contribution in [0.3, 0.4) is 0 Å². The van der Waals surface area contributed by atoms with Crippen LogP contribution in [0, 0.1) is 13.8 Å². The van der Waals surface area contributed by atoms with Gasteiger partial charge in [-0.3, -0.25) is 0 Å². The first kappa shape index (κ1) is 12.3. The Balaban J connectivity index is 2.39. The summed E-state index contributed by atoms with van der Waals surface area (Å²) in [4.78, 5) is 0. The Labute approximate surface area is 106 Å². The van der Waals surface area contributed by atoms with Gasteiger partial charge < -0.3 is 15.2 Å². The van der Waals surface area contributed by atoms with Crippen molar-refractivity contribution in [2.45, 2.75) is 13.8 Å². The highest BCUT2D eigenvalue weighted by Crippen LogP contribution is 2.35. The SMILES string of the molecule is COc1cc(C)ccc1Oc1c(N)c(C)nn1C. The summed E-state index contributed by atoms with van der Waals surface area (Å²) in [6.07, 6.45) is 0. The highest BCUT2D eigenvalue weighted by atomic mass is 16.5. The third kappa shape index (κ3) is 2.11. The molecule has 0 radical (unpaired) electrons. The Bertz CT molecular complexity index is 576. The largest absolute Gasteiger partial charge is 0.493 e. The van der Waals surface area contributed by atoms with Crippen LogP contribution in [0.4, 0.5) is 5.69 Å². The summed E-state index contributed by atoms with van der Waals surface area (Å²) < 4.78 is 12.7. The second kappa shape index (κ2) is 4.60. The number of ether oxygens (including phenoxy) is 2. The monoisotopic (exact) mass is 247 g/mol. The minimum Gasteiger partial charge on any atom is -0.493 e. The molecule has 2 N–H and O–H groups in total. The van der Waals surface area contributed by atoms with Crippen LogP contribution in [-0.2, 0) is 7.05 Å². The molecule has 0 unspecified atom stereocenters. The fourth-order valence-electron chi connectivity index (χ4n) is 1.74. The number of benzene rings is 1. The highest BCUT2D eigenvalue weighted by molar-refractivity contribution is 5.55. The van der Waals surface area contributed by atoms with E-state index in [1.807, 2.05) is 32.0 Å². The summed E-state index contributed by atoms with van der Waals surface area (Å²) in [5.74, 6) is 1.82. The summed E-state index contributed by atoms with van der Waals surface area (Å²) in [6, 6.07) is 5.72. The van der Waals surface area contributed by atoms with Crippen molar-refractivity contribution >= 4 is 5.69 Å². The van der Waals surface area contributed by atoms with Gasteiger partial charge in [0, 0.05) is 7.05 Å². The van der Waals surface area contributed by atoms with Crippen molar-refractivity contribution in [2.75, 3.05) is 12.8 Å². The predicted octanol–water partition coefficient (Wildman–Crippen LogP) is 2.42. The third-order valence-corrected chi connectivity index (χ3v) is 2.74. The molecule has 0 spiro atoms. The molecule has 0 aliphatic carbocycles. The Morgan fingerprint density at radius 1 is 1.22 bits per heavy atom. The van der Waals surface area contributed by atoms with Crippen molar-refractivity contribution in [3.8, 4) is 17.4 Å². The average molecular weight is 247 g/mol. The number of aromatic nitrogens is 2. The summed E-state index contributed by atoms with van der Waals surface area (Å²) in [7, 11) is 3.40. The van der Waals surface area contributed by atoms with Crippen molar-refractivity contribution in [3.63, 3.8) is 0 Å². The number of aryl methyl sites for hydroxylation is 3. The number of nitrogens with zero attached hydrogens (tertiary/aromatic N) is 2. The van der Waals surface area contributed by atoms with Crippen molar-refractivity contribution in [3.05, 3.63) is 29.5 Å². The maximum Gasteiger partial charge on any atom is 0.241 e. The van der Waals surface area contributed by atoms with E-state index >= 15 is 0 Å². The maximum absolute atomic E-state index is 5.92. The van der Waals surface area contributed by atoms with Gasteiger partial charge in [0.15, 0.2) is 11.5 Å². The Morgan fingerprint density at radius 2 is 1.94 bits per heavy atom. The van der Waals surface area contributed by atoms with Gasteiger partial charge in [0.1, 0.15) is 5.69 Å². The van der Waals surface area contributed by atoms with Crippen LogP contribution < -0.4 is 15.2 Å². The number of methoxy groups -OCH3 is 1. The molecule has 1 aromatic carbocycles. The molecule has 0 saturated carbocycles. The number of rotatable bonds is 3. The number of hydrogen-bond acceptors (Lipinski definition) is 4. The standard InChI is InChI=1S/C13H17N3O2/c1-8-5-6-10(11(7-8)17-4)18-13-12(14)9(2)15-16(13)3/h5-7H,14H2,1-4H3. The molecule has 1 heterocycles. The predicted molar refractivity (Wildman–Crippen MR) is 70.2 cm³/mol. The normalized spacial score (nSPS) is 10.4. The van der Waals surface area contributed by atoms with E-state index in [9.17, 15) is 0 Å². The first-order chi connectivity index (χ1) is 8.52. The van der Waals surface area contributed by atoms with Crippen LogP contribution in [-0.4, -0.2) is 16.9 Å². The quantitative estimate of drug-likeness (QED) is 0.904. The van der Waals surface area contributed by atoms with Gasteiger partial charge in [-0.15, -0.1) is 0 Å².